The van der Waals surface area contributed by atoms with E-state index < -0.39 is 0 Å². The van der Waals surface area contributed by atoms with Crippen molar-refractivity contribution >= 4 is 28.6 Å². The summed E-state index contributed by atoms with van der Waals surface area (Å²) in [6.45, 7) is 1.84. The van der Waals surface area contributed by atoms with E-state index in [0.29, 0.717) is 16.9 Å². The Morgan fingerprint density at radius 1 is 1.17 bits per heavy atom. The van der Waals surface area contributed by atoms with Crippen molar-refractivity contribution < 1.29 is 4.39 Å². The first-order valence-electron chi connectivity index (χ1n) is 5.50. The van der Waals surface area contributed by atoms with Gasteiger partial charge in [-0.1, -0.05) is 30.4 Å². The lowest BCUT2D eigenvalue weighted by Gasteiger charge is -2.12. The minimum absolute atomic E-state index is 0.283. The molecule has 2 aromatic rings. The van der Waals surface area contributed by atoms with Gasteiger partial charge < -0.3 is 11.1 Å². The van der Waals surface area contributed by atoms with Crippen LogP contribution < -0.4 is 11.1 Å². The third-order valence-electron chi connectivity index (χ3n) is 2.59. The zero-order valence-corrected chi connectivity index (χ0v) is 10.7. The quantitative estimate of drug-likeness (QED) is 0.829. The maximum Gasteiger partial charge on any atom is 0.146 e. The van der Waals surface area contributed by atoms with Gasteiger partial charge in [-0.25, -0.2) is 4.39 Å². The Hall–Kier alpha value is -1.94. The van der Waals surface area contributed by atoms with Crippen LogP contribution in [0.2, 0.25) is 0 Å². The van der Waals surface area contributed by atoms with E-state index in [9.17, 15) is 4.39 Å². The fourth-order valence-electron chi connectivity index (χ4n) is 1.67. The molecule has 0 unspecified atom stereocenters. The van der Waals surface area contributed by atoms with Gasteiger partial charge in [0.1, 0.15) is 10.8 Å². The molecular weight excluding hydrogens is 247 g/mol. The highest BCUT2D eigenvalue weighted by atomic mass is 32.1. The molecule has 18 heavy (non-hydrogen) atoms. The highest BCUT2D eigenvalue weighted by Gasteiger charge is 2.07. The molecule has 0 aliphatic carbocycles. The van der Waals surface area contributed by atoms with Crippen LogP contribution in [0.15, 0.2) is 42.5 Å². The van der Waals surface area contributed by atoms with E-state index in [4.69, 9.17) is 18.0 Å². The maximum atomic E-state index is 13.7. The number of nitrogens with two attached hydrogens (primary N) is 1. The van der Waals surface area contributed by atoms with Crippen LogP contribution in [0.5, 0.6) is 0 Å². The molecule has 0 atom stereocenters. The van der Waals surface area contributed by atoms with Gasteiger partial charge in [0.15, 0.2) is 0 Å². The molecule has 2 nitrogen and oxygen atoms in total. The Morgan fingerprint density at radius 2 is 1.89 bits per heavy atom. The monoisotopic (exact) mass is 260 g/mol. The standard InChI is InChI=1S/C14H13FN2S/c1-9-6-7-13(11(15)8-9)17-12-5-3-2-4-10(12)14(16)18/h2-8,17H,1H3,(H2,16,18). The van der Waals surface area contributed by atoms with Crippen LogP contribution in [0.1, 0.15) is 11.1 Å². The zero-order valence-electron chi connectivity index (χ0n) is 9.91. The molecule has 4 heteroatoms. The van der Waals surface area contributed by atoms with E-state index in [0.717, 1.165) is 5.56 Å². The summed E-state index contributed by atoms with van der Waals surface area (Å²) in [4.78, 5) is 0.283. The van der Waals surface area contributed by atoms with Gasteiger partial charge in [-0.05, 0) is 36.8 Å². The number of hydrogen-bond donors (Lipinski definition) is 2. The van der Waals surface area contributed by atoms with Gasteiger partial charge in [-0.15, -0.1) is 0 Å². The third kappa shape index (κ3) is 2.65. The zero-order chi connectivity index (χ0) is 13.1. The molecule has 2 aromatic carbocycles. The lowest BCUT2D eigenvalue weighted by atomic mass is 10.1. The lowest BCUT2D eigenvalue weighted by molar-refractivity contribution is 0.631. The molecule has 0 fully saturated rings. The molecule has 2 rings (SSSR count). The SMILES string of the molecule is Cc1ccc(Nc2ccccc2C(N)=S)c(F)c1. The predicted molar refractivity (Wildman–Crippen MR) is 76.7 cm³/mol. The Balaban J connectivity index is 2.37. The second-order valence-corrected chi connectivity index (χ2v) is 4.46. The van der Waals surface area contributed by atoms with E-state index in [1.165, 1.54) is 6.07 Å². The molecule has 0 aliphatic rings. The number of thiocarbonyl (C=S) groups is 1. The molecule has 0 aromatic heterocycles. The molecule has 3 N–H and O–H groups in total. The molecule has 0 radical (unpaired) electrons. The molecule has 0 heterocycles. The van der Waals surface area contributed by atoms with Gasteiger partial charge in [-0.3, -0.25) is 0 Å². The normalized spacial score (nSPS) is 10.1. The third-order valence-corrected chi connectivity index (χ3v) is 2.81. The highest BCUT2D eigenvalue weighted by molar-refractivity contribution is 7.80. The summed E-state index contributed by atoms with van der Waals surface area (Å²) in [5, 5.41) is 3.01. The Bertz CT molecular complexity index is 596. The van der Waals surface area contributed by atoms with Gasteiger partial charge in [-0.2, -0.15) is 0 Å². The number of para-hydroxylation sites is 1. The van der Waals surface area contributed by atoms with Gasteiger partial charge in [0.25, 0.3) is 0 Å². The van der Waals surface area contributed by atoms with E-state index in [-0.39, 0.29) is 10.8 Å². The van der Waals surface area contributed by atoms with Crippen molar-refractivity contribution in [3.63, 3.8) is 0 Å². The van der Waals surface area contributed by atoms with Crippen LogP contribution in [-0.2, 0) is 0 Å². The number of hydrogen-bond acceptors (Lipinski definition) is 2. The summed E-state index contributed by atoms with van der Waals surface area (Å²) >= 11 is 4.96. The maximum absolute atomic E-state index is 13.7. The Kier molecular flexibility index (Phi) is 3.58. The fraction of sp³-hybridized carbons (Fsp3) is 0.0714. The number of halogens is 1. The van der Waals surface area contributed by atoms with E-state index in [1.807, 2.05) is 31.2 Å². The minimum Gasteiger partial charge on any atom is -0.389 e. The molecule has 0 saturated heterocycles. The summed E-state index contributed by atoms with van der Waals surface area (Å²) in [5.74, 6) is -0.298. The summed E-state index contributed by atoms with van der Waals surface area (Å²) in [6.07, 6.45) is 0. The largest absolute Gasteiger partial charge is 0.389 e. The van der Waals surface area contributed by atoms with E-state index in [2.05, 4.69) is 5.32 Å². The predicted octanol–water partition coefficient (Wildman–Crippen LogP) is 3.51. The van der Waals surface area contributed by atoms with E-state index >= 15 is 0 Å². The molecule has 0 bridgehead atoms. The highest BCUT2D eigenvalue weighted by Crippen LogP contribution is 2.23. The van der Waals surface area contributed by atoms with Crippen molar-refractivity contribution in [3.8, 4) is 0 Å². The first-order chi connectivity index (χ1) is 8.58. The average Bonchev–Trinajstić information content (AvgIpc) is 2.33. The van der Waals surface area contributed by atoms with Crippen molar-refractivity contribution in [2.45, 2.75) is 6.92 Å². The molecule has 0 saturated carbocycles. The first-order valence-corrected chi connectivity index (χ1v) is 5.91. The topological polar surface area (TPSA) is 38.0 Å². The summed E-state index contributed by atoms with van der Waals surface area (Å²) < 4.78 is 13.7. The lowest BCUT2D eigenvalue weighted by Crippen LogP contribution is -2.12. The van der Waals surface area contributed by atoms with Crippen molar-refractivity contribution in [2.75, 3.05) is 5.32 Å². The minimum atomic E-state index is -0.298. The van der Waals surface area contributed by atoms with E-state index in [1.54, 1.807) is 12.1 Å². The second-order valence-electron chi connectivity index (χ2n) is 4.02. The Labute approximate surface area is 111 Å². The van der Waals surface area contributed by atoms with Crippen molar-refractivity contribution in [1.82, 2.24) is 0 Å². The van der Waals surface area contributed by atoms with Gasteiger partial charge in [0, 0.05) is 11.3 Å². The van der Waals surface area contributed by atoms with Crippen LogP contribution in [0.3, 0.4) is 0 Å². The van der Waals surface area contributed by atoms with Crippen LogP contribution in [0.4, 0.5) is 15.8 Å². The Morgan fingerprint density at radius 3 is 2.56 bits per heavy atom. The number of nitrogens with one attached hydrogen (secondary N) is 1. The molecule has 0 aliphatic heterocycles. The van der Waals surface area contributed by atoms with Crippen molar-refractivity contribution in [3.05, 3.63) is 59.4 Å². The first kappa shape index (κ1) is 12.5. The molecule has 92 valence electrons. The van der Waals surface area contributed by atoms with Crippen LogP contribution in [0, 0.1) is 12.7 Å². The van der Waals surface area contributed by atoms with Crippen molar-refractivity contribution in [1.29, 1.82) is 0 Å². The van der Waals surface area contributed by atoms with Crippen LogP contribution in [-0.4, -0.2) is 4.99 Å². The van der Waals surface area contributed by atoms with Crippen LogP contribution >= 0.6 is 12.2 Å². The number of benzene rings is 2. The van der Waals surface area contributed by atoms with Gasteiger partial charge >= 0.3 is 0 Å². The van der Waals surface area contributed by atoms with Crippen molar-refractivity contribution in [2.24, 2.45) is 5.73 Å². The number of rotatable bonds is 3. The van der Waals surface area contributed by atoms with Gasteiger partial charge in [0.2, 0.25) is 0 Å². The number of anilines is 2. The van der Waals surface area contributed by atoms with Crippen LogP contribution in [0.25, 0.3) is 0 Å². The fourth-order valence-corrected chi connectivity index (χ4v) is 1.85. The molecule has 0 spiro atoms. The summed E-state index contributed by atoms with van der Waals surface area (Å²) in [6, 6.07) is 12.3. The summed E-state index contributed by atoms with van der Waals surface area (Å²) in [7, 11) is 0. The summed E-state index contributed by atoms with van der Waals surface area (Å²) in [5.41, 5.74) is 8.31. The average molecular weight is 260 g/mol. The second kappa shape index (κ2) is 5.14. The smallest absolute Gasteiger partial charge is 0.146 e. The van der Waals surface area contributed by atoms with Gasteiger partial charge in [0.05, 0.1) is 5.69 Å². The number of aryl methyl sites for hydroxylation is 1. The molecular formula is C14H13FN2S. The molecule has 0 amide bonds.